The van der Waals surface area contributed by atoms with Crippen molar-refractivity contribution >= 4 is 5.91 Å². The van der Waals surface area contributed by atoms with Crippen molar-refractivity contribution in [3.63, 3.8) is 0 Å². The molecule has 180 valence electrons. The molecule has 0 saturated carbocycles. The molecule has 2 aromatic heterocycles. The van der Waals surface area contributed by atoms with Gasteiger partial charge in [-0.05, 0) is 60.4 Å². The number of imidazole rings is 1. The second kappa shape index (κ2) is 9.71. The van der Waals surface area contributed by atoms with Crippen LogP contribution >= 0.6 is 0 Å². The number of hydrogen-bond acceptors (Lipinski definition) is 4. The topological polar surface area (TPSA) is 85.8 Å². The molecule has 0 saturated heterocycles. The van der Waals surface area contributed by atoms with Crippen molar-refractivity contribution in [3.8, 4) is 16.8 Å². The van der Waals surface area contributed by atoms with Crippen LogP contribution in [-0.4, -0.2) is 20.4 Å². The quantitative estimate of drug-likeness (QED) is 0.398. The van der Waals surface area contributed by atoms with E-state index < -0.39 is 11.7 Å². The lowest BCUT2D eigenvalue weighted by molar-refractivity contribution is -0.137. The maximum Gasteiger partial charge on any atom is 0.416 e. The zero-order valence-corrected chi connectivity index (χ0v) is 19.2. The van der Waals surface area contributed by atoms with Gasteiger partial charge in [0.2, 0.25) is 0 Å². The van der Waals surface area contributed by atoms with Gasteiger partial charge in [-0.25, -0.2) is 4.98 Å². The first-order valence-electron chi connectivity index (χ1n) is 10.9. The number of rotatable bonds is 6. The van der Waals surface area contributed by atoms with E-state index in [1.165, 1.54) is 6.07 Å². The fourth-order valence-corrected chi connectivity index (χ4v) is 3.77. The SMILES string of the molecule is Cc1cn(-c2ccnc(C(=O)N[C@H](C)c3ccc(-c4cc(C(F)(F)F)ccc4CN)cc3)c2)cn1. The van der Waals surface area contributed by atoms with Crippen LogP contribution < -0.4 is 11.1 Å². The van der Waals surface area contributed by atoms with Gasteiger partial charge in [0.25, 0.3) is 5.91 Å². The number of nitrogens with two attached hydrogens (primary N) is 1. The molecule has 4 rings (SSSR count). The molecule has 0 unspecified atom stereocenters. The molecule has 3 N–H and O–H groups in total. The fraction of sp³-hybridized carbons (Fsp3) is 0.192. The van der Waals surface area contributed by atoms with Crippen LogP contribution in [-0.2, 0) is 12.7 Å². The maximum atomic E-state index is 13.2. The number of amides is 1. The summed E-state index contributed by atoms with van der Waals surface area (Å²) in [6, 6.07) is 13.7. The van der Waals surface area contributed by atoms with Gasteiger partial charge in [0.05, 0.1) is 29.3 Å². The number of alkyl halides is 3. The van der Waals surface area contributed by atoms with Crippen LogP contribution in [0.1, 0.15) is 45.8 Å². The number of halogens is 3. The van der Waals surface area contributed by atoms with Crippen molar-refractivity contribution in [3.05, 3.63) is 101 Å². The molecular formula is C26H24F3N5O. The summed E-state index contributed by atoms with van der Waals surface area (Å²) < 4.78 is 41.4. The summed E-state index contributed by atoms with van der Waals surface area (Å²) in [6.07, 6.45) is 0.629. The molecule has 2 aromatic carbocycles. The van der Waals surface area contributed by atoms with Crippen molar-refractivity contribution < 1.29 is 18.0 Å². The first-order valence-corrected chi connectivity index (χ1v) is 10.9. The van der Waals surface area contributed by atoms with Crippen molar-refractivity contribution in [1.29, 1.82) is 0 Å². The molecule has 0 aliphatic carbocycles. The minimum Gasteiger partial charge on any atom is -0.344 e. The van der Waals surface area contributed by atoms with E-state index in [4.69, 9.17) is 5.73 Å². The fourth-order valence-electron chi connectivity index (χ4n) is 3.77. The van der Waals surface area contributed by atoms with E-state index in [1.807, 2.05) is 20.0 Å². The minimum absolute atomic E-state index is 0.117. The Kier molecular flexibility index (Phi) is 6.70. The highest BCUT2D eigenvalue weighted by Gasteiger charge is 2.31. The number of carbonyl (C=O) groups is 1. The number of carbonyl (C=O) groups excluding carboxylic acids is 1. The Balaban J connectivity index is 1.51. The summed E-state index contributed by atoms with van der Waals surface area (Å²) in [5.41, 5.74) is 9.35. The van der Waals surface area contributed by atoms with Crippen LogP contribution in [0.25, 0.3) is 16.8 Å². The van der Waals surface area contributed by atoms with E-state index in [9.17, 15) is 18.0 Å². The first kappa shape index (κ1) is 24.2. The van der Waals surface area contributed by atoms with E-state index in [1.54, 1.807) is 53.5 Å². The van der Waals surface area contributed by atoms with Gasteiger partial charge in [-0.1, -0.05) is 30.3 Å². The lowest BCUT2D eigenvalue weighted by Crippen LogP contribution is -2.27. The van der Waals surface area contributed by atoms with Crippen LogP contribution in [0.15, 0.2) is 73.3 Å². The molecule has 35 heavy (non-hydrogen) atoms. The second-order valence-corrected chi connectivity index (χ2v) is 8.21. The van der Waals surface area contributed by atoms with Crippen LogP contribution in [0.2, 0.25) is 0 Å². The number of aromatic nitrogens is 3. The molecule has 0 radical (unpaired) electrons. The smallest absolute Gasteiger partial charge is 0.344 e. The second-order valence-electron chi connectivity index (χ2n) is 8.21. The average molecular weight is 480 g/mol. The molecule has 9 heteroatoms. The standard InChI is InChI=1S/C26H24F3N5O/c1-16-14-34(15-32-16)22-9-10-31-24(12-22)25(35)33-17(2)18-3-5-19(6-4-18)23-11-21(26(27,28)29)8-7-20(23)13-30/h3-12,14-15,17H,13,30H2,1-2H3,(H,33,35)/t17-/m1/s1. The summed E-state index contributed by atoms with van der Waals surface area (Å²) in [4.78, 5) is 21.2. The Bertz CT molecular complexity index is 1350. The summed E-state index contributed by atoms with van der Waals surface area (Å²) >= 11 is 0. The van der Waals surface area contributed by atoms with Crippen molar-refractivity contribution in [2.75, 3.05) is 0 Å². The van der Waals surface area contributed by atoms with E-state index in [2.05, 4.69) is 15.3 Å². The van der Waals surface area contributed by atoms with E-state index in [-0.39, 0.29) is 24.2 Å². The zero-order chi connectivity index (χ0) is 25.2. The molecule has 0 aliphatic rings. The van der Waals surface area contributed by atoms with Crippen molar-refractivity contribution in [1.82, 2.24) is 19.9 Å². The predicted octanol–water partition coefficient (Wildman–Crippen LogP) is 5.21. The number of hydrogen-bond donors (Lipinski definition) is 2. The third-order valence-corrected chi connectivity index (χ3v) is 5.71. The van der Waals surface area contributed by atoms with E-state index in [0.29, 0.717) is 16.7 Å². The highest BCUT2D eigenvalue weighted by Crippen LogP contribution is 2.34. The van der Waals surface area contributed by atoms with Crippen LogP contribution in [0.4, 0.5) is 13.2 Å². The normalized spacial score (nSPS) is 12.4. The van der Waals surface area contributed by atoms with E-state index >= 15 is 0 Å². The first-order chi connectivity index (χ1) is 16.7. The van der Waals surface area contributed by atoms with Gasteiger partial charge in [0.15, 0.2) is 0 Å². The van der Waals surface area contributed by atoms with Crippen molar-refractivity contribution in [2.24, 2.45) is 5.73 Å². The number of aryl methyl sites for hydroxylation is 1. The molecule has 0 aliphatic heterocycles. The van der Waals surface area contributed by atoms with Crippen LogP contribution in [0.3, 0.4) is 0 Å². The largest absolute Gasteiger partial charge is 0.416 e. The number of nitrogens with one attached hydrogen (secondary N) is 1. The van der Waals surface area contributed by atoms with Gasteiger partial charge < -0.3 is 15.6 Å². The molecule has 2 heterocycles. The minimum atomic E-state index is -4.44. The number of pyridine rings is 1. The Labute approximate surface area is 200 Å². The number of nitrogens with zero attached hydrogens (tertiary/aromatic N) is 3. The monoisotopic (exact) mass is 479 g/mol. The van der Waals surface area contributed by atoms with E-state index in [0.717, 1.165) is 29.1 Å². The zero-order valence-electron chi connectivity index (χ0n) is 19.2. The van der Waals surface area contributed by atoms with Crippen LogP contribution in [0.5, 0.6) is 0 Å². The molecule has 0 fully saturated rings. The van der Waals surface area contributed by atoms with Gasteiger partial charge >= 0.3 is 6.18 Å². The summed E-state index contributed by atoms with van der Waals surface area (Å²) in [7, 11) is 0. The molecule has 0 spiro atoms. The number of benzene rings is 2. The lowest BCUT2D eigenvalue weighted by Gasteiger charge is -2.16. The predicted molar refractivity (Wildman–Crippen MR) is 127 cm³/mol. The molecule has 0 bridgehead atoms. The van der Waals surface area contributed by atoms with Gasteiger partial charge in [-0.15, -0.1) is 0 Å². The van der Waals surface area contributed by atoms with Crippen molar-refractivity contribution in [2.45, 2.75) is 32.6 Å². The third-order valence-electron chi connectivity index (χ3n) is 5.71. The molecule has 1 amide bonds. The molecule has 4 aromatic rings. The Hall–Kier alpha value is -3.98. The van der Waals surface area contributed by atoms with Gasteiger partial charge in [-0.3, -0.25) is 9.78 Å². The Morgan fingerprint density at radius 1 is 1.09 bits per heavy atom. The highest BCUT2D eigenvalue weighted by molar-refractivity contribution is 5.93. The average Bonchev–Trinajstić information content (AvgIpc) is 3.29. The lowest BCUT2D eigenvalue weighted by atomic mass is 9.95. The highest BCUT2D eigenvalue weighted by atomic mass is 19.4. The van der Waals surface area contributed by atoms with Gasteiger partial charge in [0, 0.05) is 18.9 Å². The van der Waals surface area contributed by atoms with Gasteiger partial charge in [0.1, 0.15) is 5.69 Å². The Morgan fingerprint density at radius 2 is 1.83 bits per heavy atom. The summed E-state index contributed by atoms with van der Waals surface area (Å²) in [5, 5.41) is 2.91. The van der Waals surface area contributed by atoms with Crippen LogP contribution in [0, 0.1) is 6.92 Å². The third kappa shape index (κ3) is 5.41. The molecule has 6 nitrogen and oxygen atoms in total. The van der Waals surface area contributed by atoms with Gasteiger partial charge in [-0.2, -0.15) is 13.2 Å². The Morgan fingerprint density at radius 3 is 2.46 bits per heavy atom. The molecule has 1 atom stereocenters. The molecular weight excluding hydrogens is 455 g/mol. The summed E-state index contributed by atoms with van der Waals surface area (Å²) in [5.74, 6) is -0.344. The summed E-state index contributed by atoms with van der Waals surface area (Å²) in [6.45, 7) is 3.82. The maximum absolute atomic E-state index is 13.2.